The summed E-state index contributed by atoms with van der Waals surface area (Å²) in [6.07, 6.45) is 1.46. The largest absolute Gasteiger partial charge is 0.480 e. The Labute approximate surface area is 104 Å². The number of aromatic nitrogens is 2. The Morgan fingerprint density at radius 2 is 2.28 bits per heavy atom. The number of nitrogens with one attached hydrogen (secondary N) is 2. The third-order valence-corrected chi connectivity index (χ3v) is 3.62. The van der Waals surface area contributed by atoms with Crippen molar-refractivity contribution in [1.29, 1.82) is 0 Å². The van der Waals surface area contributed by atoms with Crippen molar-refractivity contribution >= 4 is 16.0 Å². The van der Waals surface area contributed by atoms with Gasteiger partial charge >= 0.3 is 5.97 Å². The second kappa shape index (κ2) is 5.94. The molecular weight excluding hydrogens is 262 g/mol. The molecule has 0 radical (unpaired) electrons. The number of sulfonamides is 1. The highest BCUT2D eigenvalue weighted by Gasteiger charge is 2.26. The third-order valence-electron chi connectivity index (χ3n) is 2.24. The standard InChI is InChI=1S/C9H15N3O5S/c1-2-7-10-5-8(11-7)18(16,17)12-6(3-4-13)9(14)15/h5-6,12-13H,2-4H2,1H3,(H,10,11)(H,14,15)/t6-/m0/s1. The first-order chi connectivity index (χ1) is 8.40. The molecule has 9 heteroatoms. The molecule has 0 saturated carbocycles. The van der Waals surface area contributed by atoms with Gasteiger partial charge in [0, 0.05) is 13.0 Å². The molecule has 1 aromatic rings. The molecule has 4 N–H and O–H groups in total. The highest BCUT2D eigenvalue weighted by atomic mass is 32.2. The van der Waals surface area contributed by atoms with Crippen LogP contribution in [0.25, 0.3) is 0 Å². The lowest BCUT2D eigenvalue weighted by atomic mass is 10.2. The van der Waals surface area contributed by atoms with Gasteiger partial charge in [-0.05, 0) is 6.42 Å². The van der Waals surface area contributed by atoms with E-state index in [1.807, 2.05) is 4.72 Å². The van der Waals surface area contributed by atoms with Gasteiger partial charge in [-0.3, -0.25) is 4.79 Å². The zero-order valence-corrected chi connectivity index (χ0v) is 10.6. The van der Waals surface area contributed by atoms with Crippen LogP contribution in [0.1, 0.15) is 19.2 Å². The van der Waals surface area contributed by atoms with Crippen molar-refractivity contribution < 1.29 is 23.4 Å². The fourth-order valence-corrected chi connectivity index (χ4v) is 2.44. The van der Waals surface area contributed by atoms with Crippen LogP contribution >= 0.6 is 0 Å². The Morgan fingerprint density at radius 3 is 2.72 bits per heavy atom. The monoisotopic (exact) mass is 277 g/mol. The van der Waals surface area contributed by atoms with Crippen molar-refractivity contribution in [2.75, 3.05) is 6.61 Å². The molecule has 0 spiro atoms. The van der Waals surface area contributed by atoms with Crippen LogP contribution in [0.2, 0.25) is 0 Å². The average Bonchev–Trinajstić information content (AvgIpc) is 2.77. The van der Waals surface area contributed by atoms with E-state index in [4.69, 9.17) is 10.2 Å². The highest BCUT2D eigenvalue weighted by molar-refractivity contribution is 7.89. The Bertz CT molecular complexity index is 510. The smallest absolute Gasteiger partial charge is 0.321 e. The Hall–Kier alpha value is -1.45. The van der Waals surface area contributed by atoms with Crippen LogP contribution in [0.4, 0.5) is 0 Å². The van der Waals surface area contributed by atoms with Crippen molar-refractivity contribution in [2.45, 2.75) is 30.8 Å². The van der Waals surface area contributed by atoms with E-state index in [1.54, 1.807) is 6.92 Å². The molecule has 8 nitrogen and oxygen atoms in total. The highest BCUT2D eigenvalue weighted by Crippen LogP contribution is 2.07. The molecule has 0 aliphatic rings. The minimum Gasteiger partial charge on any atom is -0.480 e. The maximum Gasteiger partial charge on any atom is 0.321 e. The van der Waals surface area contributed by atoms with E-state index in [2.05, 4.69) is 9.97 Å². The minimum absolute atomic E-state index is 0.191. The first kappa shape index (κ1) is 14.6. The summed E-state index contributed by atoms with van der Waals surface area (Å²) in [7, 11) is -3.98. The maximum absolute atomic E-state index is 11.8. The Kier molecular flexibility index (Phi) is 4.82. The van der Waals surface area contributed by atoms with Crippen LogP contribution in [0, 0.1) is 0 Å². The van der Waals surface area contributed by atoms with Crippen molar-refractivity contribution in [3.8, 4) is 0 Å². The van der Waals surface area contributed by atoms with Gasteiger partial charge in [0.05, 0.1) is 6.20 Å². The van der Waals surface area contributed by atoms with Crippen LogP contribution in [-0.2, 0) is 21.2 Å². The SMILES string of the molecule is CCc1ncc(S(=O)(=O)N[C@@H](CCO)C(=O)O)[nH]1. The fourth-order valence-electron chi connectivity index (χ4n) is 1.27. The molecule has 1 aromatic heterocycles. The summed E-state index contributed by atoms with van der Waals surface area (Å²) >= 11 is 0. The molecule has 0 bridgehead atoms. The van der Waals surface area contributed by atoms with E-state index in [0.29, 0.717) is 12.2 Å². The number of imidazole rings is 1. The molecule has 0 aromatic carbocycles. The Morgan fingerprint density at radius 1 is 1.61 bits per heavy atom. The summed E-state index contributed by atoms with van der Waals surface area (Å²) in [5.74, 6) is -0.854. The van der Waals surface area contributed by atoms with Gasteiger partial charge in [-0.25, -0.2) is 13.4 Å². The van der Waals surface area contributed by atoms with Gasteiger partial charge in [0.2, 0.25) is 0 Å². The number of carboxylic acid groups (broad SMARTS) is 1. The molecule has 18 heavy (non-hydrogen) atoms. The number of nitrogens with zero attached hydrogens (tertiary/aromatic N) is 1. The van der Waals surface area contributed by atoms with Crippen molar-refractivity contribution in [2.24, 2.45) is 0 Å². The van der Waals surface area contributed by atoms with Gasteiger partial charge in [-0.15, -0.1) is 0 Å². The first-order valence-electron chi connectivity index (χ1n) is 5.30. The van der Waals surface area contributed by atoms with Crippen LogP contribution in [0.5, 0.6) is 0 Å². The molecule has 0 aliphatic carbocycles. The molecular formula is C9H15N3O5S. The summed E-state index contributed by atoms with van der Waals surface area (Å²) in [6, 6.07) is -1.37. The third kappa shape index (κ3) is 3.52. The zero-order chi connectivity index (χ0) is 13.8. The van der Waals surface area contributed by atoms with E-state index in [9.17, 15) is 13.2 Å². The summed E-state index contributed by atoms with van der Waals surface area (Å²) in [5.41, 5.74) is 0. The summed E-state index contributed by atoms with van der Waals surface area (Å²) < 4.78 is 25.6. The lowest BCUT2D eigenvalue weighted by Crippen LogP contribution is -2.41. The number of aromatic amines is 1. The van der Waals surface area contributed by atoms with Crippen LogP contribution in [0.15, 0.2) is 11.2 Å². The number of aliphatic hydroxyl groups is 1. The quantitative estimate of drug-likeness (QED) is 0.510. The average molecular weight is 277 g/mol. The molecule has 1 heterocycles. The number of carboxylic acids is 1. The maximum atomic E-state index is 11.8. The first-order valence-corrected chi connectivity index (χ1v) is 6.79. The number of hydrogen-bond donors (Lipinski definition) is 4. The number of hydrogen-bond acceptors (Lipinski definition) is 5. The number of aryl methyl sites for hydroxylation is 1. The van der Waals surface area contributed by atoms with Crippen molar-refractivity contribution in [3.05, 3.63) is 12.0 Å². The van der Waals surface area contributed by atoms with E-state index >= 15 is 0 Å². The second-order valence-corrected chi connectivity index (χ2v) is 5.25. The van der Waals surface area contributed by atoms with E-state index in [0.717, 1.165) is 6.20 Å². The van der Waals surface area contributed by atoms with E-state index in [1.165, 1.54) is 0 Å². The molecule has 0 aliphatic heterocycles. The lowest BCUT2D eigenvalue weighted by Gasteiger charge is -2.12. The fraction of sp³-hybridized carbons (Fsp3) is 0.556. The number of aliphatic hydroxyl groups excluding tert-OH is 1. The van der Waals surface area contributed by atoms with Gasteiger partial charge in [-0.1, -0.05) is 6.92 Å². The topological polar surface area (TPSA) is 132 Å². The predicted molar refractivity (Wildman–Crippen MR) is 61.4 cm³/mol. The zero-order valence-electron chi connectivity index (χ0n) is 9.75. The normalized spacial score (nSPS) is 13.4. The number of aliphatic carboxylic acids is 1. The second-order valence-electron chi connectivity index (χ2n) is 3.57. The lowest BCUT2D eigenvalue weighted by molar-refractivity contribution is -0.139. The molecule has 0 unspecified atom stereocenters. The molecule has 0 amide bonds. The molecule has 0 saturated heterocycles. The number of H-pyrrole nitrogens is 1. The molecule has 1 rings (SSSR count). The number of carbonyl (C=O) groups is 1. The molecule has 0 fully saturated rings. The van der Waals surface area contributed by atoms with Crippen LogP contribution in [-0.4, -0.2) is 47.2 Å². The van der Waals surface area contributed by atoms with Crippen LogP contribution < -0.4 is 4.72 Å². The summed E-state index contributed by atoms with van der Waals surface area (Å²) in [6.45, 7) is 1.37. The molecule has 1 atom stereocenters. The van der Waals surface area contributed by atoms with Gasteiger partial charge < -0.3 is 15.2 Å². The van der Waals surface area contributed by atoms with Gasteiger partial charge in [-0.2, -0.15) is 4.72 Å². The molecule has 102 valence electrons. The van der Waals surface area contributed by atoms with Gasteiger partial charge in [0.25, 0.3) is 10.0 Å². The summed E-state index contributed by atoms with van der Waals surface area (Å²) in [4.78, 5) is 17.2. The number of rotatable bonds is 7. The Balaban J connectivity index is 2.89. The van der Waals surface area contributed by atoms with Gasteiger partial charge in [0.15, 0.2) is 5.03 Å². The minimum atomic E-state index is -3.98. The predicted octanol–water partition coefficient (Wildman–Crippen LogP) is -0.914. The van der Waals surface area contributed by atoms with Crippen molar-refractivity contribution in [3.63, 3.8) is 0 Å². The van der Waals surface area contributed by atoms with Crippen molar-refractivity contribution in [1.82, 2.24) is 14.7 Å². The van der Waals surface area contributed by atoms with E-state index in [-0.39, 0.29) is 11.4 Å². The summed E-state index contributed by atoms with van der Waals surface area (Å²) in [5, 5.41) is 17.3. The van der Waals surface area contributed by atoms with E-state index < -0.39 is 28.6 Å². The van der Waals surface area contributed by atoms with Crippen LogP contribution in [0.3, 0.4) is 0 Å². The van der Waals surface area contributed by atoms with Gasteiger partial charge in [0.1, 0.15) is 11.9 Å².